The molecule has 1 heterocycles. The van der Waals surface area contributed by atoms with Crippen LogP contribution < -0.4 is 9.30 Å². The molecular weight excluding hydrogens is 310 g/mol. The lowest BCUT2D eigenvalue weighted by molar-refractivity contribution is -0.704. The molecule has 3 nitrogen and oxygen atoms in total. The summed E-state index contributed by atoms with van der Waals surface area (Å²) in [5.74, 6) is 0.258. The Balaban J connectivity index is 2.29. The zero-order chi connectivity index (χ0) is 18.3. The number of ether oxygens (including phenoxy) is 1. The van der Waals surface area contributed by atoms with E-state index in [0.717, 1.165) is 18.7 Å². The van der Waals surface area contributed by atoms with E-state index < -0.39 is 5.97 Å². The average molecular weight is 347 g/mol. The van der Waals surface area contributed by atoms with E-state index in [4.69, 9.17) is 4.74 Å². The number of unbranched alkanes of at least 4 members (excludes halogenated alkanes) is 9. The second-order valence-corrected chi connectivity index (χ2v) is 6.67. The summed E-state index contributed by atoms with van der Waals surface area (Å²) in [5, 5.41) is 0. The number of aryl methyl sites for hydroxylation is 1. The van der Waals surface area contributed by atoms with E-state index in [-0.39, 0.29) is 0 Å². The van der Waals surface area contributed by atoms with Gasteiger partial charge in [-0.05, 0) is 12.5 Å². The van der Waals surface area contributed by atoms with E-state index in [1.165, 1.54) is 70.3 Å². The lowest BCUT2D eigenvalue weighted by Crippen LogP contribution is -2.38. The Hall–Kier alpha value is -1.64. The third-order valence-corrected chi connectivity index (χ3v) is 4.61. The Bertz CT molecular complexity index is 511. The Morgan fingerprint density at radius 2 is 1.64 bits per heavy atom. The summed E-state index contributed by atoms with van der Waals surface area (Å²) in [5.41, 5.74) is 1.08. The topological polar surface area (TPSA) is 30.2 Å². The molecule has 0 N–H and O–H groups in total. The summed E-state index contributed by atoms with van der Waals surface area (Å²) in [6.07, 6.45) is 17.5. The maximum Gasteiger partial charge on any atom is 0.335 e. The van der Waals surface area contributed by atoms with Gasteiger partial charge in [0, 0.05) is 25.0 Å². The first-order valence-electron chi connectivity index (χ1n) is 10.1. The van der Waals surface area contributed by atoms with Crippen LogP contribution in [0.3, 0.4) is 0 Å². The van der Waals surface area contributed by atoms with Crippen LogP contribution in [0.5, 0.6) is 5.75 Å². The molecular formula is C22H36NO2+. The monoisotopic (exact) mass is 346 g/mol. The number of rotatable bonds is 14. The molecule has 0 aromatic carbocycles. The van der Waals surface area contributed by atoms with E-state index in [2.05, 4.69) is 31.2 Å². The molecule has 0 aliphatic rings. The van der Waals surface area contributed by atoms with Crippen molar-refractivity contribution >= 4 is 5.97 Å². The predicted octanol–water partition coefficient (Wildman–Crippen LogP) is 5.55. The fourth-order valence-corrected chi connectivity index (χ4v) is 3.16. The second kappa shape index (κ2) is 13.6. The maximum atomic E-state index is 11.5. The van der Waals surface area contributed by atoms with Crippen molar-refractivity contribution in [3.63, 3.8) is 0 Å². The molecule has 0 radical (unpaired) electrons. The summed E-state index contributed by atoms with van der Waals surface area (Å²) >= 11 is 0. The van der Waals surface area contributed by atoms with Gasteiger partial charge in [0.05, 0.1) is 0 Å². The van der Waals surface area contributed by atoms with Crippen molar-refractivity contribution < 1.29 is 14.1 Å². The maximum absolute atomic E-state index is 11.5. The van der Waals surface area contributed by atoms with Gasteiger partial charge in [0.25, 0.3) is 0 Å². The molecule has 1 aromatic rings. The summed E-state index contributed by atoms with van der Waals surface area (Å²) in [6, 6.07) is 3.80. The van der Waals surface area contributed by atoms with E-state index in [9.17, 15) is 4.79 Å². The summed E-state index contributed by atoms with van der Waals surface area (Å²) in [7, 11) is 0. The van der Waals surface area contributed by atoms with E-state index >= 15 is 0 Å². The van der Waals surface area contributed by atoms with Crippen molar-refractivity contribution in [1.82, 2.24) is 0 Å². The summed E-state index contributed by atoms with van der Waals surface area (Å²) < 4.78 is 7.57. The van der Waals surface area contributed by atoms with Gasteiger partial charge in [0.1, 0.15) is 6.54 Å². The van der Waals surface area contributed by atoms with Gasteiger partial charge >= 0.3 is 5.97 Å². The van der Waals surface area contributed by atoms with Crippen molar-refractivity contribution in [1.29, 1.82) is 0 Å². The summed E-state index contributed by atoms with van der Waals surface area (Å²) in [6.45, 7) is 8.80. The minimum atomic E-state index is -0.397. The molecule has 0 saturated heterocycles. The Labute approximate surface area is 154 Å². The molecule has 3 heteroatoms. The molecule has 0 fully saturated rings. The lowest BCUT2D eigenvalue weighted by atomic mass is 10.1. The minimum Gasteiger partial charge on any atom is -0.417 e. The first kappa shape index (κ1) is 21.4. The van der Waals surface area contributed by atoms with Crippen molar-refractivity contribution in [2.75, 3.05) is 0 Å². The van der Waals surface area contributed by atoms with Crippen molar-refractivity contribution in [2.45, 2.75) is 91.0 Å². The van der Waals surface area contributed by atoms with Crippen LogP contribution in [0.2, 0.25) is 0 Å². The molecule has 25 heavy (non-hydrogen) atoms. The van der Waals surface area contributed by atoms with E-state index in [1.54, 1.807) is 0 Å². The highest BCUT2D eigenvalue weighted by atomic mass is 16.5. The smallest absolute Gasteiger partial charge is 0.335 e. The van der Waals surface area contributed by atoms with Gasteiger partial charge in [-0.1, -0.05) is 71.8 Å². The third-order valence-electron chi connectivity index (χ3n) is 4.61. The number of nitrogens with zero attached hydrogens (tertiary/aromatic N) is 1. The van der Waals surface area contributed by atoms with Crippen LogP contribution in [0.1, 0.15) is 83.7 Å². The Morgan fingerprint density at radius 1 is 1.04 bits per heavy atom. The lowest BCUT2D eigenvalue weighted by Gasteiger charge is -2.07. The Kier molecular flexibility index (Phi) is 11.7. The number of esters is 1. The SMILES string of the molecule is C=CC(=O)Oc1ccc[n+](CCCCCCCCCCCC)c1CC. The van der Waals surface area contributed by atoms with Crippen LogP contribution in [0.4, 0.5) is 0 Å². The van der Waals surface area contributed by atoms with Gasteiger partial charge in [0.15, 0.2) is 11.9 Å². The van der Waals surface area contributed by atoms with Crippen LogP contribution in [0, 0.1) is 0 Å². The van der Waals surface area contributed by atoms with Crippen molar-refractivity contribution in [2.24, 2.45) is 0 Å². The largest absolute Gasteiger partial charge is 0.417 e. The van der Waals surface area contributed by atoms with Crippen molar-refractivity contribution in [3.05, 3.63) is 36.7 Å². The molecule has 0 bridgehead atoms. The number of hydrogen-bond acceptors (Lipinski definition) is 2. The molecule has 0 unspecified atom stereocenters. The van der Waals surface area contributed by atoms with Crippen LogP contribution in [0.25, 0.3) is 0 Å². The molecule has 1 aromatic heterocycles. The second-order valence-electron chi connectivity index (χ2n) is 6.67. The van der Waals surface area contributed by atoms with Crippen LogP contribution in [-0.4, -0.2) is 5.97 Å². The number of carbonyl (C=O) groups is 1. The fourth-order valence-electron chi connectivity index (χ4n) is 3.16. The highest BCUT2D eigenvalue weighted by Crippen LogP contribution is 2.16. The van der Waals surface area contributed by atoms with Crippen LogP contribution in [0.15, 0.2) is 31.0 Å². The average Bonchev–Trinajstić information content (AvgIpc) is 2.63. The zero-order valence-corrected chi connectivity index (χ0v) is 16.3. The first-order chi connectivity index (χ1) is 12.2. The summed E-state index contributed by atoms with van der Waals surface area (Å²) in [4.78, 5) is 11.5. The fraction of sp³-hybridized carbons (Fsp3) is 0.636. The molecule has 0 aliphatic heterocycles. The number of aromatic nitrogens is 1. The highest BCUT2D eigenvalue weighted by Gasteiger charge is 2.16. The number of pyridine rings is 1. The third kappa shape index (κ3) is 8.85. The molecule has 0 atom stereocenters. The molecule has 0 saturated carbocycles. The quantitative estimate of drug-likeness (QED) is 0.191. The standard InChI is InChI=1S/C22H36NO2/c1-4-7-8-9-10-11-12-13-14-15-18-23-19-16-17-21(20(23)5-2)25-22(24)6-3/h6,16-17,19H,3-5,7-15,18H2,1-2H3/q+1. The normalized spacial score (nSPS) is 10.6. The molecule has 0 aliphatic carbocycles. The van der Waals surface area contributed by atoms with Gasteiger partial charge in [-0.25, -0.2) is 4.79 Å². The van der Waals surface area contributed by atoms with Crippen LogP contribution in [-0.2, 0) is 17.8 Å². The van der Waals surface area contributed by atoms with Crippen molar-refractivity contribution in [3.8, 4) is 5.75 Å². The van der Waals surface area contributed by atoms with E-state index in [1.807, 2.05) is 12.1 Å². The molecule has 140 valence electrons. The predicted molar refractivity (Wildman–Crippen MR) is 104 cm³/mol. The minimum absolute atomic E-state index is 0.397. The van der Waals surface area contributed by atoms with Gasteiger partial charge in [0.2, 0.25) is 5.69 Å². The van der Waals surface area contributed by atoms with Gasteiger partial charge in [-0.15, -0.1) is 0 Å². The Morgan fingerprint density at radius 3 is 2.20 bits per heavy atom. The highest BCUT2D eigenvalue weighted by molar-refractivity contribution is 5.83. The number of carbonyl (C=O) groups excluding carboxylic acids is 1. The number of hydrogen-bond donors (Lipinski definition) is 0. The first-order valence-corrected chi connectivity index (χ1v) is 10.1. The van der Waals surface area contributed by atoms with E-state index in [0.29, 0.717) is 5.75 Å². The molecule has 1 rings (SSSR count). The van der Waals surface area contributed by atoms with Gasteiger partial charge in [-0.2, -0.15) is 4.57 Å². The van der Waals surface area contributed by atoms with Gasteiger partial charge < -0.3 is 4.74 Å². The molecule has 0 spiro atoms. The van der Waals surface area contributed by atoms with Crippen LogP contribution >= 0.6 is 0 Å². The van der Waals surface area contributed by atoms with Gasteiger partial charge in [-0.3, -0.25) is 0 Å². The zero-order valence-electron chi connectivity index (χ0n) is 16.3. The molecule has 0 amide bonds.